The van der Waals surface area contributed by atoms with Crippen LogP contribution < -0.4 is 10.6 Å². The van der Waals surface area contributed by atoms with Gasteiger partial charge in [0.25, 0.3) is 5.91 Å². The van der Waals surface area contributed by atoms with Crippen LogP contribution in [0.1, 0.15) is 65.7 Å². The lowest BCUT2D eigenvalue weighted by Gasteiger charge is -2.26. The second-order valence-corrected chi connectivity index (χ2v) is 8.24. The number of hydrogen-bond acceptors (Lipinski definition) is 2. The predicted molar refractivity (Wildman–Crippen MR) is 125 cm³/mol. The number of anilines is 1. The third kappa shape index (κ3) is 5.57. The largest absolute Gasteiger partial charge is 0.356 e. The molecule has 0 saturated carbocycles. The van der Waals surface area contributed by atoms with Crippen LogP contribution >= 0.6 is 12.2 Å². The van der Waals surface area contributed by atoms with Crippen LogP contribution in [0.25, 0.3) is 0 Å². The molecule has 0 aliphatic carbocycles. The van der Waals surface area contributed by atoms with Crippen molar-refractivity contribution in [2.24, 2.45) is 0 Å². The first-order valence-corrected chi connectivity index (χ1v) is 10.9. The molecule has 2 N–H and O–H groups in total. The Morgan fingerprint density at radius 2 is 1.72 bits per heavy atom. The number of piperidine rings is 1. The van der Waals surface area contributed by atoms with Crippen molar-refractivity contribution in [1.82, 2.24) is 10.2 Å². The molecule has 29 heavy (non-hydrogen) atoms. The summed E-state index contributed by atoms with van der Waals surface area (Å²) in [5, 5.41) is 7.24. The van der Waals surface area contributed by atoms with Crippen molar-refractivity contribution in [3.63, 3.8) is 0 Å². The van der Waals surface area contributed by atoms with Gasteiger partial charge in [-0.2, -0.15) is 0 Å². The van der Waals surface area contributed by atoms with Gasteiger partial charge < -0.3 is 15.5 Å². The van der Waals surface area contributed by atoms with Crippen molar-refractivity contribution in [3.05, 3.63) is 64.7 Å². The van der Waals surface area contributed by atoms with E-state index in [1.165, 1.54) is 23.1 Å². The zero-order valence-corrected chi connectivity index (χ0v) is 18.4. The van der Waals surface area contributed by atoms with Crippen molar-refractivity contribution >= 4 is 28.9 Å². The minimum absolute atomic E-state index is 0.123. The number of likely N-dealkylation sites (tertiary alicyclic amines) is 1. The fourth-order valence-corrected chi connectivity index (χ4v) is 3.96. The molecule has 1 unspecified atom stereocenters. The SMILES string of the molecule is CCC(NC(=S)Nc1ccc(C(=O)N2CCCCC2)cc1)c1ccc(C)c(C)c1. The molecule has 1 atom stereocenters. The molecular formula is C24H31N3OS. The monoisotopic (exact) mass is 409 g/mol. The molecule has 1 heterocycles. The number of benzene rings is 2. The number of carbonyl (C=O) groups excluding carboxylic acids is 1. The lowest BCUT2D eigenvalue weighted by molar-refractivity contribution is 0.0724. The highest BCUT2D eigenvalue weighted by Crippen LogP contribution is 2.20. The number of nitrogens with one attached hydrogen (secondary N) is 2. The van der Waals surface area contributed by atoms with Gasteiger partial charge in [-0.25, -0.2) is 0 Å². The van der Waals surface area contributed by atoms with Crippen LogP contribution in [0.2, 0.25) is 0 Å². The summed E-state index contributed by atoms with van der Waals surface area (Å²) in [6.07, 6.45) is 4.36. The molecule has 1 aliphatic rings. The topological polar surface area (TPSA) is 44.4 Å². The summed E-state index contributed by atoms with van der Waals surface area (Å²) < 4.78 is 0. The molecule has 0 spiro atoms. The van der Waals surface area contributed by atoms with Gasteiger partial charge in [-0.1, -0.05) is 25.1 Å². The summed E-state index contributed by atoms with van der Waals surface area (Å²) in [5.74, 6) is 0.123. The average Bonchev–Trinajstić information content (AvgIpc) is 2.74. The number of carbonyl (C=O) groups is 1. The van der Waals surface area contributed by atoms with E-state index < -0.39 is 0 Å². The first kappa shape index (κ1) is 21.3. The molecule has 4 nitrogen and oxygen atoms in total. The van der Waals surface area contributed by atoms with E-state index in [-0.39, 0.29) is 11.9 Å². The number of amides is 1. The molecule has 1 saturated heterocycles. The molecular weight excluding hydrogens is 378 g/mol. The van der Waals surface area contributed by atoms with Crippen molar-refractivity contribution in [1.29, 1.82) is 0 Å². The highest BCUT2D eigenvalue weighted by molar-refractivity contribution is 7.80. The maximum atomic E-state index is 12.6. The number of rotatable bonds is 5. The second kappa shape index (κ2) is 9.88. The normalized spacial score (nSPS) is 14.9. The van der Waals surface area contributed by atoms with Gasteiger partial charge in [0.1, 0.15) is 0 Å². The third-order valence-electron chi connectivity index (χ3n) is 5.68. The summed E-state index contributed by atoms with van der Waals surface area (Å²) in [7, 11) is 0. The Morgan fingerprint density at radius 3 is 2.34 bits per heavy atom. The van der Waals surface area contributed by atoms with Crippen LogP contribution in [0.5, 0.6) is 0 Å². The number of aryl methyl sites for hydroxylation is 2. The van der Waals surface area contributed by atoms with Crippen LogP contribution in [0, 0.1) is 13.8 Å². The number of thiocarbonyl (C=S) groups is 1. The maximum absolute atomic E-state index is 12.6. The van der Waals surface area contributed by atoms with E-state index in [1.54, 1.807) is 0 Å². The standard InChI is InChI=1S/C24H31N3OS/c1-4-22(20-9-8-17(2)18(3)16-20)26-24(29)25-21-12-10-19(11-13-21)23(28)27-14-6-5-7-15-27/h8-13,16,22H,4-7,14-15H2,1-3H3,(H2,25,26,29). The highest BCUT2D eigenvalue weighted by Gasteiger charge is 2.18. The Balaban J connectivity index is 1.59. The lowest BCUT2D eigenvalue weighted by Crippen LogP contribution is -2.35. The minimum Gasteiger partial charge on any atom is -0.356 e. The van der Waals surface area contributed by atoms with Gasteiger partial charge in [-0.3, -0.25) is 4.79 Å². The Bertz CT molecular complexity index is 857. The summed E-state index contributed by atoms with van der Waals surface area (Å²) in [5.41, 5.74) is 5.44. The van der Waals surface area contributed by atoms with E-state index in [2.05, 4.69) is 49.6 Å². The third-order valence-corrected chi connectivity index (χ3v) is 5.90. The van der Waals surface area contributed by atoms with Gasteiger partial charge in [0.2, 0.25) is 0 Å². The summed E-state index contributed by atoms with van der Waals surface area (Å²) in [6, 6.07) is 14.3. The van der Waals surface area contributed by atoms with Crippen molar-refractivity contribution in [2.75, 3.05) is 18.4 Å². The van der Waals surface area contributed by atoms with Crippen molar-refractivity contribution < 1.29 is 4.79 Å². The number of nitrogens with zero attached hydrogens (tertiary/aromatic N) is 1. The zero-order valence-electron chi connectivity index (χ0n) is 17.6. The molecule has 5 heteroatoms. The van der Waals surface area contributed by atoms with Gasteiger partial charge in [0.15, 0.2) is 5.11 Å². The molecule has 0 bridgehead atoms. The van der Waals surface area contributed by atoms with Crippen LogP contribution in [-0.2, 0) is 0 Å². The van der Waals surface area contributed by atoms with E-state index in [4.69, 9.17) is 12.2 Å². The smallest absolute Gasteiger partial charge is 0.253 e. The number of hydrogen-bond donors (Lipinski definition) is 2. The predicted octanol–water partition coefficient (Wildman–Crippen LogP) is 5.37. The van der Waals surface area contributed by atoms with Crippen LogP contribution in [0.15, 0.2) is 42.5 Å². The van der Waals surface area contributed by atoms with E-state index in [0.717, 1.165) is 43.6 Å². The quantitative estimate of drug-likeness (QED) is 0.652. The first-order valence-electron chi connectivity index (χ1n) is 10.5. The summed E-state index contributed by atoms with van der Waals surface area (Å²) >= 11 is 5.53. The van der Waals surface area contributed by atoms with Crippen LogP contribution in [0.3, 0.4) is 0 Å². The molecule has 0 radical (unpaired) electrons. The fraction of sp³-hybridized carbons (Fsp3) is 0.417. The summed E-state index contributed by atoms with van der Waals surface area (Å²) in [4.78, 5) is 14.5. The average molecular weight is 410 g/mol. The molecule has 154 valence electrons. The Labute approximate surface area is 179 Å². The Hall–Kier alpha value is -2.40. The molecule has 2 aromatic carbocycles. The molecule has 0 aromatic heterocycles. The second-order valence-electron chi connectivity index (χ2n) is 7.83. The Kier molecular flexibility index (Phi) is 7.26. The van der Waals surface area contributed by atoms with Crippen molar-refractivity contribution in [3.8, 4) is 0 Å². The minimum atomic E-state index is 0.123. The molecule has 1 fully saturated rings. The maximum Gasteiger partial charge on any atom is 0.253 e. The zero-order chi connectivity index (χ0) is 20.8. The van der Waals surface area contributed by atoms with Gasteiger partial charge in [0.05, 0.1) is 6.04 Å². The van der Waals surface area contributed by atoms with Crippen LogP contribution in [-0.4, -0.2) is 29.0 Å². The van der Waals surface area contributed by atoms with Gasteiger partial charge in [-0.15, -0.1) is 0 Å². The van der Waals surface area contributed by atoms with Crippen LogP contribution in [0.4, 0.5) is 5.69 Å². The van der Waals surface area contributed by atoms with Gasteiger partial charge in [0, 0.05) is 24.3 Å². The molecule has 1 amide bonds. The van der Waals surface area contributed by atoms with Gasteiger partial charge >= 0.3 is 0 Å². The first-order chi connectivity index (χ1) is 14.0. The molecule has 3 rings (SSSR count). The fourth-order valence-electron chi connectivity index (χ4n) is 3.70. The van der Waals surface area contributed by atoms with Gasteiger partial charge in [-0.05, 0) is 92.7 Å². The molecule has 2 aromatic rings. The van der Waals surface area contributed by atoms with Crippen molar-refractivity contribution in [2.45, 2.75) is 52.5 Å². The Morgan fingerprint density at radius 1 is 1.03 bits per heavy atom. The summed E-state index contributed by atoms with van der Waals surface area (Å²) in [6.45, 7) is 8.14. The van der Waals surface area contributed by atoms with E-state index in [1.807, 2.05) is 29.2 Å². The lowest BCUT2D eigenvalue weighted by atomic mass is 9.99. The van der Waals surface area contributed by atoms with E-state index >= 15 is 0 Å². The highest BCUT2D eigenvalue weighted by atomic mass is 32.1. The van der Waals surface area contributed by atoms with E-state index in [0.29, 0.717) is 5.11 Å². The molecule has 1 aliphatic heterocycles. The van der Waals surface area contributed by atoms with E-state index in [9.17, 15) is 4.79 Å².